The molecule has 110 valence electrons. The van der Waals surface area contributed by atoms with Crippen LogP contribution in [0.3, 0.4) is 0 Å². The van der Waals surface area contributed by atoms with Crippen LogP contribution in [0.4, 0.5) is 0 Å². The molecule has 0 aliphatic carbocycles. The van der Waals surface area contributed by atoms with Crippen molar-refractivity contribution < 1.29 is 13.2 Å². The van der Waals surface area contributed by atoms with E-state index in [1.807, 2.05) is 6.92 Å². The molecule has 0 spiro atoms. The van der Waals surface area contributed by atoms with Crippen molar-refractivity contribution in [1.29, 1.82) is 0 Å². The maximum absolute atomic E-state index is 12.6. The summed E-state index contributed by atoms with van der Waals surface area (Å²) in [6.07, 6.45) is 0.671. The highest BCUT2D eigenvalue weighted by atomic mass is 32.2. The molecule has 0 radical (unpaired) electrons. The van der Waals surface area contributed by atoms with Gasteiger partial charge in [0.25, 0.3) is 0 Å². The summed E-state index contributed by atoms with van der Waals surface area (Å²) < 4.78 is 28.3. The molecule has 0 bridgehead atoms. The average Bonchev–Trinajstić information content (AvgIpc) is 2.89. The number of aromatic nitrogens is 2. The lowest BCUT2D eigenvalue weighted by Gasteiger charge is -2.26. The van der Waals surface area contributed by atoms with Gasteiger partial charge in [0.2, 0.25) is 10.0 Å². The summed E-state index contributed by atoms with van der Waals surface area (Å²) in [5.41, 5.74) is 2.08. The fourth-order valence-electron chi connectivity index (χ4n) is 2.39. The van der Waals surface area contributed by atoms with Gasteiger partial charge in [0.1, 0.15) is 5.69 Å². The number of hydrogen-bond donors (Lipinski definition) is 0. The Hall–Kier alpha value is -1.99. The summed E-state index contributed by atoms with van der Waals surface area (Å²) in [5.74, 6) is 0. The topological polar surface area (TPSA) is 72.3 Å². The molecule has 21 heavy (non-hydrogen) atoms. The molecule has 1 aromatic carbocycles. The van der Waals surface area contributed by atoms with E-state index >= 15 is 0 Å². The smallest absolute Gasteiger partial charge is 0.243 e. The molecule has 0 saturated heterocycles. The van der Waals surface area contributed by atoms with E-state index in [4.69, 9.17) is 0 Å². The summed E-state index contributed by atoms with van der Waals surface area (Å²) in [6.45, 7) is 2.95. The fraction of sp³-hybridized carbons (Fsp3) is 0.286. The van der Waals surface area contributed by atoms with E-state index in [0.29, 0.717) is 25.1 Å². The predicted octanol–water partition coefficient (Wildman–Crippen LogP) is 1.21. The molecule has 3 rings (SSSR count). The third-order valence-corrected chi connectivity index (χ3v) is 5.42. The molecule has 0 saturated carbocycles. The van der Waals surface area contributed by atoms with Gasteiger partial charge in [0.15, 0.2) is 6.29 Å². The Kier molecular flexibility index (Phi) is 3.38. The Bertz CT molecular complexity index is 778. The van der Waals surface area contributed by atoms with Gasteiger partial charge >= 0.3 is 0 Å². The highest BCUT2D eigenvalue weighted by molar-refractivity contribution is 7.89. The largest absolute Gasteiger partial charge is 0.296 e. The van der Waals surface area contributed by atoms with Gasteiger partial charge in [-0.15, -0.1) is 0 Å². The number of aryl methyl sites for hydroxylation is 1. The maximum atomic E-state index is 12.6. The first-order chi connectivity index (χ1) is 10.0. The molecule has 0 fully saturated rings. The number of rotatable bonds is 3. The van der Waals surface area contributed by atoms with Crippen LogP contribution >= 0.6 is 0 Å². The maximum Gasteiger partial charge on any atom is 0.243 e. The minimum Gasteiger partial charge on any atom is -0.296 e. The van der Waals surface area contributed by atoms with Gasteiger partial charge < -0.3 is 0 Å². The van der Waals surface area contributed by atoms with Crippen LogP contribution in [-0.2, 0) is 23.1 Å². The first-order valence-electron chi connectivity index (χ1n) is 6.59. The van der Waals surface area contributed by atoms with Crippen molar-refractivity contribution in [3.63, 3.8) is 0 Å². The Labute approximate surface area is 123 Å². The summed E-state index contributed by atoms with van der Waals surface area (Å²) in [4.78, 5) is 11.0. The van der Waals surface area contributed by atoms with E-state index in [-0.39, 0.29) is 11.4 Å². The molecule has 1 aromatic heterocycles. The second kappa shape index (κ2) is 5.09. The molecule has 2 aromatic rings. The van der Waals surface area contributed by atoms with Crippen LogP contribution < -0.4 is 0 Å². The summed E-state index contributed by atoms with van der Waals surface area (Å²) in [6, 6.07) is 8.43. The highest BCUT2D eigenvalue weighted by Gasteiger charge is 2.29. The zero-order chi connectivity index (χ0) is 15.0. The number of sulfonamides is 1. The second-order valence-corrected chi connectivity index (χ2v) is 6.99. The number of benzene rings is 1. The molecule has 6 nitrogen and oxygen atoms in total. The average molecular weight is 305 g/mol. The molecular formula is C14H15N3O3S. The van der Waals surface area contributed by atoms with Crippen molar-refractivity contribution in [1.82, 2.24) is 14.1 Å². The van der Waals surface area contributed by atoms with E-state index < -0.39 is 10.0 Å². The Morgan fingerprint density at radius 3 is 2.57 bits per heavy atom. The van der Waals surface area contributed by atoms with E-state index in [1.54, 1.807) is 35.0 Å². The first-order valence-corrected chi connectivity index (χ1v) is 8.03. The predicted molar refractivity (Wildman–Crippen MR) is 76.4 cm³/mol. The normalized spacial score (nSPS) is 15.7. The number of fused-ring (bicyclic) bond motifs is 1. The van der Waals surface area contributed by atoms with Gasteiger partial charge in [-0.05, 0) is 25.1 Å². The molecule has 0 N–H and O–H groups in total. The van der Waals surface area contributed by atoms with E-state index in [9.17, 15) is 13.2 Å². The van der Waals surface area contributed by atoms with E-state index in [1.165, 1.54) is 4.31 Å². The zero-order valence-corrected chi connectivity index (χ0v) is 12.4. The van der Waals surface area contributed by atoms with Crippen molar-refractivity contribution in [2.75, 3.05) is 6.54 Å². The molecule has 2 heterocycles. The standard InChI is InChI=1S/C14H15N3O3S/c1-11-2-4-14(5-3-11)21(19,20)16-6-7-17-13(9-16)8-12(10-18)15-17/h2-5,8,10H,6-7,9H2,1H3. The monoisotopic (exact) mass is 305 g/mol. The zero-order valence-electron chi connectivity index (χ0n) is 11.6. The third kappa shape index (κ3) is 2.50. The van der Waals surface area contributed by atoms with E-state index in [2.05, 4.69) is 5.10 Å². The minimum atomic E-state index is -3.52. The third-order valence-electron chi connectivity index (χ3n) is 3.56. The number of nitrogens with zero attached hydrogens (tertiary/aromatic N) is 3. The van der Waals surface area contributed by atoms with Crippen LogP contribution in [0, 0.1) is 6.92 Å². The first kappa shape index (κ1) is 14.0. The SMILES string of the molecule is Cc1ccc(S(=O)(=O)N2CCn3nc(C=O)cc3C2)cc1. The Balaban J connectivity index is 1.91. The molecule has 1 aliphatic rings. The van der Waals surface area contributed by atoms with Crippen molar-refractivity contribution in [2.45, 2.75) is 24.9 Å². The molecule has 0 unspecified atom stereocenters. The van der Waals surface area contributed by atoms with Crippen molar-refractivity contribution >= 4 is 16.3 Å². The van der Waals surface area contributed by atoms with Crippen LogP contribution in [0.25, 0.3) is 0 Å². The fourth-order valence-corrected chi connectivity index (χ4v) is 3.79. The van der Waals surface area contributed by atoms with Crippen LogP contribution in [-0.4, -0.2) is 35.3 Å². The molecule has 1 aliphatic heterocycles. The van der Waals surface area contributed by atoms with Crippen LogP contribution in [0.15, 0.2) is 35.2 Å². The van der Waals surface area contributed by atoms with Gasteiger partial charge in [0.05, 0.1) is 23.7 Å². The van der Waals surface area contributed by atoms with Crippen LogP contribution in [0.5, 0.6) is 0 Å². The van der Waals surface area contributed by atoms with Gasteiger partial charge in [-0.25, -0.2) is 8.42 Å². The Morgan fingerprint density at radius 2 is 1.90 bits per heavy atom. The molecule has 0 atom stereocenters. The van der Waals surface area contributed by atoms with Gasteiger partial charge in [0, 0.05) is 6.54 Å². The summed E-state index contributed by atoms with van der Waals surface area (Å²) in [7, 11) is -3.52. The highest BCUT2D eigenvalue weighted by Crippen LogP contribution is 2.22. The van der Waals surface area contributed by atoms with Crippen molar-refractivity contribution in [3.05, 3.63) is 47.3 Å². The lowest BCUT2D eigenvalue weighted by Crippen LogP contribution is -2.38. The van der Waals surface area contributed by atoms with Crippen LogP contribution in [0.1, 0.15) is 21.7 Å². The number of aldehydes is 1. The molecule has 0 amide bonds. The minimum absolute atomic E-state index is 0.233. The van der Waals surface area contributed by atoms with Gasteiger partial charge in [-0.1, -0.05) is 17.7 Å². The summed E-state index contributed by atoms with van der Waals surface area (Å²) in [5, 5.41) is 4.10. The lowest BCUT2D eigenvalue weighted by molar-refractivity contribution is 0.111. The van der Waals surface area contributed by atoms with Crippen molar-refractivity contribution in [3.8, 4) is 0 Å². The number of carbonyl (C=O) groups excluding carboxylic acids is 1. The van der Waals surface area contributed by atoms with Crippen molar-refractivity contribution in [2.24, 2.45) is 0 Å². The second-order valence-electron chi connectivity index (χ2n) is 5.05. The molecule has 7 heteroatoms. The quantitative estimate of drug-likeness (QED) is 0.799. The van der Waals surface area contributed by atoms with Gasteiger partial charge in [-0.3, -0.25) is 9.48 Å². The number of hydrogen-bond acceptors (Lipinski definition) is 4. The lowest BCUT2D eigenvalue weighted by atomic mass is 10.2. The number of carbonyl (C=O) groups is 1. The summed E-state index contributed by atoms with van der Waals surface area (Å²) >= 11 is 0. The Morgan fingerprint density at radius 1 is 1.19 bits per heavy atom. The molecular weight excluding hydrogens is 290 g/mol. The van der Waals surface area contributed by atoms with E-state index in [0.717, 1.165) is 11.3 Å². The van der Waals surface area contributed by atoms with Gasteiger partial charge in [-0.2, -0.15) is 9.40 Å². The van der Waals surface area contributed by atoms with Crippen LogP contribution in [0.2, 0.25) is 0 Å².